The zero-order valence-corrected chi connectivity index (χ0v) is 14.7. The molecule has 136 valence electrons. The van der Waals surface area contributed by atoms with Crippen LogP contribution in [0.15, 0.2) is 24.3 Å². The number of nitrogens with zero attached hydrogens (tertiary/aromatic N) is 2. The van der Waals surface area contributed by atoms with Crippen LogP contribution in [0, 0.1) is 10.1 Å². The van der Waals surface area contributed by atoms with Gasteiger partial charge in [-0.2, -0.15) is 0 Å². The highest BCUT2D eigenvalue weighted by Gasteiger charge is 2.32. The van der Waals surface area contributed by atoms with Gasteiger partial charge in [-0.3, -0.25) is 10.1 Å². The van der Waals surface area contributed by atoms with Crippen molar-refractivity contribution in [2.75, 3.05) is 5.32 Å². The minimum atomic E-state index is -0.429. The van der Waals surface area contributed by atoms with Crippen molar-refractivity contribution in [2.24, 2.45) is 0 Å². The van der Waals surface area contributed by atoms with Gasteiger partial charge in [0.15, 0.2) is 0 Å². The second kappa shape index (κ2) is 8.32. The molecule has 0 spiro atoms. The summed E-state index contributed by atoms with van der Waals surface area (Å²) in [6.45, 7) is 0. The van der Waals surface area contributed by atoms with E-state index in [9.17, 15) is 14.9 Å². The molecule has 25 heavy (non-hydrogen) atoms. The minimum Gasteiger partial charge on any atom is -0.319 e. The summed E-state index contributed by atoms with van der Waals surface area (Å²) in [5.41, 5.74) is 0.654. The number of benzene rings is 1. The van der Waals surface area contributed by atoms with E-state index in [2.05, 4.69) is 10.2 Å². The second-order valence-electron chi connectivity index (χ2n) is 7.23. The normalized spacial score (nSPS) is 19.4. The molecule has 0 unspecified atom stereocenters. The number of non-ortho nitro benzene ring substituents is 1. The molecule has 2 aliphatic carbocycles. The van der Waals surface area contributed by atoms with E-state index in [1.807, 2.05) is 0 Å². The summed E-state index contributed by atoms with van der Waals surface area (Å²) in [5.74, 6) is 0. The summed E-state index contributed by atoms with van der Waals surface area (Å²) in [7, 11) is 0. The van der Waals surface area contributed by atoms with Crippen molar-refractivity contribution in [3.05, 3.63) is 34.4 Å². The standard InChI is InChI=1S/C19H27N3O3/c23-19(20-15-11-13-18(14-12-15)22(24)25)21(16-7-3-1-4-8-16)17-9-5-2-6-10-17/h11-14,16-17H,1-10H2,(H,20,23). The zero-order valence-electron chi connectivity index (χ0n) is 14.7. The van der Waals surface area contributed by atoms with Crippen LogP contribution in [-0.4, -0.2) is 27.9 Å². The number of carbonyl (C=O) groups excluding carboxylic acids is 1. The van der Waals surface area contributed by atoms with E-state index < -0.39 is 4.92 Å². The Hall–Kier alpha value is -2.11. The first kappa shape index (κ1) is 17.7. The Bertz CT molecular complexity index is 572. The molecule has 3 rings (SSSR count). The fraction of sp³-hybridized carbons (Fsp3) is 0.632. The fourth-order valence-corrected chi connectivity index (χ4v) is 4.20. The smallest absolute Gasteiger partial charge is 0.319 e. The molecule has 0 bridgehead atoms. The third-order valence-electron chi connectivity index (χ3n) is 5.50. The van der Waals surface area contributed by atoms with Gasteiger partial charge in [0.05, 0.1) is 4.92 Å². The van der Waals surface area contributed by atoms with Crippen molar-refractivity contribution in [1.29, 1.82) is 0 Å². The van der Waals surface area contributed by atoms with Crippen LogP contribution in [0.1, 0.15) is 64.2 Å². The Morgan fingerprint density at radius 1 is 0.920 bits per heavy atom. The lowest BCUT2D eigenvalue weighted by molar-refractivity contribution is -0.384. The average Bonchev–Trinajstić information content (AvgIpc) is 2.64. The van der Waals surface area contributed by atoms with Crippen LogP contribution in [-0.2, 0) is 0 Å². The first-order valence-corrected chi connectivity index (χ1v) is 9.49. The Morgan fingerprint density at radius 3 is 1.84 bits per heavy atom. The monoisotopic (exact) mass is 345 g/mol. The third kappa shape index (κ3) is 4.50. The van der Waals surface area contributed by atoms with Crippen molar-refractivity contribution in [3.8, 4) is 0 Å². The predicted molar refractivity (Wildman–Crippen MR) is 97.7 cm³/mol. The molecule has 1 aromatic carbocycles. The SMILES string of the molecule is O=C(Nc1ccc([N+](=O)[O-])cc1)N(C1CCCCC1)C1CCCCC1. The number of rotatable bonds is 4. The van der Waals surface area contributed by atoms with Gasteiger partial charge >= 0.3 is 6.03 Å². The van der Waals surface area contributed by atoms with Crippen LogP contribution in [0.5, 0.6) is 0 Å². The molecular weight excluding hydrogens is 318 g/mol. The molecule has 0 saturated heterocycles. The Kier molecular flexibility index (Phi) is 5.89. The maximum Gasteiger partial charge on any atom is 0.322 e. The van der Waals surface area contributed by atoms with Gasteiger partial charge in [0.1, 0.15) is 0 Å². The van der Waals surface area contributed by atoms with Gasteiger partial charge in [-0.05, 0) is 37.8 Å². The van der Waals surface area contributed by atoms with Gasteiger partial charge in [0.25, 0.3) is 5.69 Å². The molecule has 0 heterocycles. The van der Waals surface area contributed by atoms with Gasteiger partial charge in [0.2, 0.25) is 0 Å². The first-order valence-electron chi connectivity index (χ1n) is 9.49. The second-order valence-corrected chi connectivity index (χ2v) is 7.23. The Morgan fingerprint density at radius 2 is 1.40 bits per heavy atom. The molecule has 6 nitrogen and oxygen atoms in total. The highest BCUT2D eigenvalue weighted by molar-refractivity contribution is 5.90. The highest BCUT2D eigenvalue weighted by Crippen LogP contribution is 2.31. The molecule has 1 N–H and O–H groups in total. The fourth-order valence-electron chi connectivity index (χ4n) is 4.20. The number of nitro groups is 1. The number of anilines is 1. The molecule has 0 atom stereocenters. The lowest BCUT2D eigenvalue weighted by Gasteiger charge is -2.41. The van der Waals surface area contributed by atoms with Crippen molar-refractivity contribution in [1.82, 2.24) is 4.90 Å². The van der Waals surface area contributed by atoms with Crippen LogP contribution in [0.25, 0.3) is 0 Å². The summed E-state index contributed by atoms with van der Waals surface area (Å²) in [6.07, 6.45) is 11.6. The largest absolute Gasteiger partial charge is 0.322 e. The summed E-state index contributed by atoms with van der Waals surface area (Å²) in [4.78, 5) is 25.4. The summed E-state index contributed by atoms with van der Waals surface area (Å²) >= 11 is 0. The molecule has 2 fully saturated rings. The number of hydrogen-bond acceptors (Lipinski definition) is 3. The number of hydrogen-bond donors (Lipinski definition) is 1. The predicted octanol–water partition coefficient (Wildman–Crippen LogP) is 5.09. The van der Waals surface area contributed by atoms with Crippen LogP contribution in [0.4, 0.5) is 16.2 Å². The van der Waals surface area contributed by atoms with E-state index in [1.54, 1.807) is 12.1 Å². The Labute approximate surface area is 148 Å². The molecule has 6 heteroatoms. The summed E-state index contributed by atoms with van der Waals surface area (Å²) < 4.78 is 0. The van der Waals surface area contributed by atoms with Gasteiger partial charge in [-0.15, -0.1) is 0 Å². The van der Waals surface area contributed by atoms with Crippen molar-refractivity contribution in [3.63, 3.8) is 0 Å². The van der Waals surface area contributed by atoms with Gasteiger partial charge in [0, 0.05) is 29.9 Å². The number of urea groups is 1. The average molecular weight is 345 g/mol. The number of amides is 2. The summed E-state index contributed by atoms with van der Waals surface area (Å²) in [6, 6.07) is 6.69. The van der Waals surface area contributed by atoms with E-state index in [0.29, 0.717) is 17.8 Å². The molecule has 1 aromatic rings. The highest BCUT2D eigenvalue weighted by atomic mass is 16.6. The van der Waals surface area contributed by atoms with Crippen LogP contribution >= 0.6 is 0 Å². The van der Waals surface area contributed by atoms with E-state index in [0.717, 1.165) is 25.7 Å². The molecule has 0 radical (unpaired) electrons. The number of carbonyl (C=O) groups is 1. The quantitative estimate of drug-likeness (QED) is 0.609. The maximum atomic E-state index is 13.0. The van der Waals surface area contributed by atoms with E-state index in [1.165, 1.54) is 50.7 Å². The topological polar surface area (TPSA) is 75.5 Å². The van der Waals surface area contributed by atoms with Gasteiger partial charge in [-0.25, -0.2) is 4.79 Å². The van der Waals surface area contributed by atoms with Crippen molar-refractivity contribution in [2.45, 2.75) is 76.3 Å². The zero-order chi connectivity index (χ0) is 17.6. The molecular formula is C19H27N3O3. The van der Waals surface area contributed by atoms with Gasteiger partial charge < -0.3 is 10.2 Å². The molecule has 2 saturated carbocycles. The molecule has 2 amide bonds. The third-order valence-corrected chi connectivity index (χ3v) is 5.50. The molecule has 2 aliphatic rings. The lowest BCUT2D eigenvalue weighted by atomic mass is 9.89. The van der Waals surface area contributed by atoms with E-state index in [4.69, 9.17) is 0 Å². The molecule has 0 aliphatic heterocycles. The van der Waals surface area contributed by atoms with Crippen LogP contribution in [0.2, 0.25) is 0 Å². The van der Waals surface area contributed by atoms with E-state index >= 15 is 0 Å². The van der Waals surface area contributed by atoms with E-state index in [-0.39, 0.29) is 11.7 Å². The first-order chi connectivity index (χ1) is 12.1. The van der Waals surface area contributed by atoms with Crippen molar-refractivity contribution < 1.29 is 9.72 Å². The number of nitro benzene ring substituents is 1. The minimum absolute atomic E-state index is 0.0365. The van der Waals surface area contributed by atoms with Crippen molar-refractivity contribution >= 4 is 17.4 Å². The lowest BCUT2D eigenvalue weighted by Crippen LogP contribution is -2.50. The van der Waals surface area contributed by atoms with Crippen LogP contribution < -0.4 is 5.32 Å². The molecule has 0 aromatic heterocycles. The maximum absolute atomic E-state index is 13.0. The number of nitrogens with one attached hydrogen (secondary N) is 1. The van der Waals surface area contributed by atoms with Gasteiger partial charge in [-0.1, -0.05) is 38.5 Å². The summed E-state index contributed by atoms with van der Waals surface area (Å²) in [5, 5.41) is 13.7. The van der Waals surface area contributed by atoms with Crippen LogP contribution in [0.3, 0.4) is 0 Å². The Balaban J connectivity index is 1.72.